The highest BCUT2D eigenvalue weighted by Gasteiger charge is 2.11. The number of rotatable bonds is 6. The Kier molecular flexibility index (Phi) is 6.16. The molecule has 0 bridgehead atoms. The molecule has 7 heteroatoms. The number of amides is 1. The zero-order chi connectivity index (χ0) is 16.1. The number of carbonyl (C=O) groups is 1. The highest BCUT2D eigenvalue weighted by atomic mass is 32.2. The fraction of sp³-hybridized carbons (Fsp3) is 0.400. The second kappa shape index (κ2) is 7.89. The van der Waals surface area contributed by atoms with Gasteiger partial charge in [-0.25, -0.2) is 4.68 Å². The van der Waals surface area contributed by atoms with Crippen molar-refractivity contribution in [3.8, 4) is 5.69 Å². The maximum absolute atomic E-state index is 11.8. The molecule has 1 atom stereocenters. The molecule has 0 saturated carbocycles. The summed E-state index contributed by atoms with van der Waals surface area (Å²) in [4.78, 5) is 11.8. The second-order valence-electron chi connectivity index (χ2n) is 5.00. The third kappa shape index (κ3) is 4.41. The quantitative estimate of drug-likeness (QED) is 0.630. The van der Waals surface area contributed by atoms with Crippen molar-refractivity contribution in [2.75, 3.05) is 5.75 Å². The van der Waals surface area contributed by atoms with Gasteiger partial charge in [0.05, 0.1) is 11.4 Å². The van der Waals surface area contributed by atoms with Crippen molar-refractivity contribution in [2.45, 2.75) is 37.6 Å². The minimum Gasteiger partial charge on any atom is -0.353 e. The van der Waals surface area contributed by atoms with Gasteiger partial charge in [0, 0.05) is 6.04 Å². The molecule has 0 fully saturated rings. The molecule has 0 saturated heterocycles. The first-order chi connectivity index (χ1) is 10.5. The summed E-state index contributed by atoms with van der Waals surface area (Å²) < 4.78 is 3.27. The van der Waals surface area contributed by atoms with Crippen LogP contribution in [0.5, 0.6) is 0 Å². The van der Waals surface area contributed by atoms with E-state index in [1.807, 2.05) is 45.0 Å². The van der Waals surface area contributed by atoms with Crippen LogP contribution in [0.25, 0.3) is 5.69 Å². The average molecular weight is 354 g/mol. The Labute approximate surface area is 143 Å². The van der Waals surface area contributed by atoms with E-state index in [9.17, 15) is 4.79 Å². The molecule has 1 heterocycles. The minimum absolute atomic E-state index is 0.0305. The van der Waals surface area contributed by atoms with E-state index in [2.05, 4.69) is 10.4 Å². The number of para-hydroxylation sites is 1. The summed E-state index contributed by atoms with van der Waals surface area (Å²) >= 11 is 8.25. The van der Waals surface area contributed by atoms with Crippen molar-refractivity contribution in [1.82, 2.24) is 15.1 Å². The number of aromatic nitrogens is 2. The molecule has 4 nitrogen and oxygen atoms in total. The molecule has 0 spiro atoms. The molecule has 0 radical (unpaired) electrons. The molecule has 2 rings (SSSR count). The molecule has 2 aromatic rings. The smallest absolute Gasteiger partial charge is 0.230 e. The van der Waals surface area contributed by atoms with Gasteiger partial charge in [-0.15, -0.1) is 5.10 Å². The molecular formula is C15H19N3OS3. The van der Waals surface area contributed by atoms with Crippen molar-refractivity contribution in [2.24, 2.45) is 0 Å². The largest absolute Gasteiger partial charge is 0.353 e. The molecule has 118 valence electrons. The first kappa shape index (κ1) is 17.2. The van der Waals surface area contributed by atoms with E-state index in [-0.39, 0.29) is 11.9 Å². The summed E-state index contributed by atoms with van der Waals surface area (Å²) in [5.41, 5.74) is 2.11. The number of carbonyl (C=O) groups excluding carboxylic acids is 1. The van der Waals surface area contributed by atoms with Crippen LogP contribution in [0.3, 0.4) is 0 Å². The first-order valence-corrected chi connectivity index (χ1v) is 9.30. The van der Waals surface area contributed by atoms with E-state index in [0.717, 1.165) is 22.0 Å². The normalized spacial score (nSPS) is 12.1. The first-order valence-electron chi connectivity index (χ1n) is 7.09. The number of hydrogen-bond acceptors (Lipinski definition) is 5. The Hall–Kier alpha value is -1.18. The van der Waals surface area contributed by atoms with Gasteiger partial charge in [-0.1, -0.05) is 48.2 Å². The zero-order valence-corrected chi connectivity index (χ0v) is 15.3. The third-order valence-corrected chi connectivity index (χ3v) is 5.58. The van der Waals surface area contributed by atoms with Gasteiger partial charge in [-0.2, -0.15) is 0 Å². The van der Waals surface area contributed by atoms with E-state index in [4.69, 9.17) is 12.2 Å². The molecule has 0 aliphatic rings. The number of benzene rings is 1. The van der Waals surface area contributed by atoms with Gasteiger partial charge < -0.3 is 5.32 Å². The van der Waals surface area contributed by atoms with Crippen molar-refractivity contribution in [1.29, 1.82) is 0 Å². The number of aryl methyl sites for hydroxylation is 1. The lowest BCUT2D eigenvalue weighted by Gasteiger charge is -2.10. The zero-order valence-electron chi connectivity index (χ0n) is 12.8. The van der Waals surface area contributed by atoms with Crippen LogP contribution in [0.2, 0.25) is 0 Å². The maximum Gasteiger partial charge on any atom is 0.230 e. The lowest BCUT2D eigenvalue weighted by molar-refractivity contribution is -0.119. The van der Waals surface area contributed by atoms with E-state index < -0.39 is 0 Å². The van der Waals surface area contributed by atoms with Crippen molar-refractivity contribution >= 4 is 41.2 Å². The van der Waals surface area contributed by atoms with Gasteiger partial charge in [0.25, 0.3) is 0 Å². The summed E-state index contributed by atoms with van der Waals surface area (Å²) in [6.45, 7) is 6.08. The summed E-state index contributed by atoms with van der Waals surface area (Å²) in [5.74, 6) is 0.392. The van der Waals surface area contributed by atoms with Crippen LogP contribution in [0.15, 0.2) is 28.6 Å². The second-order valence-corrected chi connectivity index (χ2v) is 7.84. The Balaban J connectivity index is 2.06. The molecule has 0 unspecified atom stereocenters. The standard InChI is InChI=1S/C15H19N3OS3/c1-4-11(3)16-13(19)9-21-14-17-18(15(20)22-14)12-8-6-5-7-10(12)2/h5-8,11H,4,9H2,1-3H3,(H,16,19)/t11-/m1/s1. The van der Waals surface area contributed by atoms with Crippen molar-refractivity contribution in [3.05, 3.63) is 33.8 Å². The van der Waals surface area contributed by atoms with Crippen LogP contribution < -0.4 is 5.32 Å². The fourth-order valence-corrected chi connectivity index (χ4v) is 3.98. The van der Waals surface area contributed by atoms with Crippen LogP contribution in [-0.2, 0) is 4.79 Å². The Morgan fingerprint density at radius 2 is 2.23 bits per heavy atom. The van der Waals surface area contributed by atoms with E-state index in [1.165, 1.54) is 23.1 Å². The Bertz CT molecular complexity index is 708. The number of nitrogens with one attached hydrogen (secondary N) is 1. The van der Waals surface area contributed by atoms with E-state index in [1.54, 1.807) is 4.68 Å². The van der Waals surface area contributed by atoms with Crippen LogP contribution in [0, 0.1) is 10.9 Å². The molecule has 1 amide bonds. The summed E-state index contributed by atoms with van der Waals surface area (Å²) in [6.07, 6.45) is 0.928. The minimum atomic E-state index is 0.0305. The van der Waals surface area contributed by atoms with E-state index >= 15 is 0 Å². The van der Waals surface area contributed by atoms with Gasteiger partial charge in [0.1, 0.15) is 0 Å². The highest BCUT2D eigenvalue weighted by Crippen LogP contribution is 2.25. The van der Waals surface area contributed by atoms with Crippen LogP contribution >= 0.6 is 35.3 Å². The van der Waals surface area contributed by atoms with Crippen LogP contribution in [0.1, 0.15) is 25.8 Å². The molecule has 1 aromatic carbocycles. The number of thioether (sulfide) groups is 1. The number of hydrogen-bond donors (Lipinski definition) is 1. The monoisotopic (exact) mass is 353 g/mol. The average Bonchev–Trinajstić information content (AvgIpc) is 2.86. The van der Waals surface area contributed by atoms with Gasteiger partial charge in [0.15, 0.2) is 8.29 Å². The Morgan fingerprint density at radius 3 is 2.91 bits per heavy atom. The molecule has 0 aliphatic heterocycles. The predicted octanol–water partition coefficient (Wildman–Crippen LogP) is 3.98. The van der Waals surface area contributed by atoms with Crippen LogP contribution in [0.4, 0.5) is 0 Å². The topological polar surface area (TPSA) is 46.9 Å². The fourth-order valence-electron chi connectivity index (χ4n) is 1.82. The number of nitrogens with zero attached hydrogens (tertiary/aromatic N) is 2. The summed E-state index contributed by atoms with van der Waals surface area (Å²) in [6, 6.07) is 8.19. The molecule has 22 heavy (non-hydrogen) atoms. The van der Waals surface area contributed by atoms with Gasteiger partial charge in [0.2, 0.25) is 5.91 Å². The van der Waals surface area contributed by atoms with Gasteiger partial charge in [-0.3, -0.25) is 4.79 Å². The summed E-state index contributed by atoms with van der Waals surface area (Å²) in [5, 5.41) is 7.47. The molecule has 1 N–H and O–H groups in total. The lowest BCUT2D eigenvalue weighted by Crippen LogP contribution is -2.33. The van der Waals surface area contributed by atoms with E-state index in [0.29, 0.717) is 9.71 Å². The highest BCUT2D eigenvalue weighted by molar-refractivity contribution is 8.01. The lowest BCUT2D eigenvalue weighted by atomic mass is 10.2. The molecular weight excluding hydrogens is 334 g/mol. The summed E-state index contributed by atoms with van der Waals surface area (Å²) in [7, 11) is 0. The van der Waals surface area contributed by atoms with Crippen molar-refractivity contribution in [3.63, 3.8) is 0 Å². The maximum atomic E-state index is 11.8. The van der Waals surface area contributed by atoms with Crippen molar-refractivity contribution < 1.29 is 4.79 Å². The SMILES string of the molecule is CC[C@@H](C)NC(=O)CSc1nn(-c2ccccc2C)c(=S)s1. The molecule has 1 aromatic heterocycles. The Morgan fingerprint density at radius 1 is 1.50 bits per heavy atom. The third-order valence-electron chi connectivity index (χ3n) is 3.22. The van der Waals surface area contributed by atoms with Gasteiger partial charge >= 0.3 is 0 Å². The predicted molar refractivity (Wildman–Crippen MR) is 95.6 cm³/mol. The van der Waals surface area contributed by atoms with Crippen LogP contribution in [-0.4, -0.2) is 27.5 Å². The van der Waals surface area contributed by atoms with Gasteiger partial charge in [-0.05, 0) is 44.1 Å². The molecule has 0 aliphatic carbocycles.